The summed E-state index contributed by atoms with van der Waals surface area (Å²) in [7, 11) is 0. The molecule has 0 saturated heterocycles. The van der Waals surface area contributed by atoms with Gasteiger partial charge in [-0.05, 0) is 53.9 Å². The van der Waals surface area contributed by atoms with Gasteiger partial charge in [-0.2, -0.15) is 0 Å². The molecule has 4 nitrogen and oxygen atoms in total. The second-order valence-corrected chi connectivity index (χ2v) is 5.70. The average molecular weight is 426 g/mol. The van der Waals surface area contributed by atoms with Crippen molar-refractivity contribution in [3.05, 3.63) is 46.1 Å². The lowest BCUT2D eigenvalue weighted by Crippen LogP contribution is -2.22. The first kappa shape index (κ1) is 12.8. The molecule has 0 aliphatic carbocycles. The van der Waals surface area contributed by atoms with Crippen LogP contribution in [0, 0.1) is 0 Å². The smallest absolute Gasteiger partial charge is 0.296 e. The monoisotopic (exact) mass is 423 g/mol. The molecule has 0 unspecified atom stereocenters. The first-order valence-electron chi connectivity index (χ1n) is 4.35. The highest BCUT2D eigenvalue weighted by molar-refractivity contribution is 9.14. The number of hydrogen-bond acceptors (Lipinski definition) is 3. The van der Waals surface area contributed by atoms with Crippen molar-refractivity contribution in [1.82, 2.24) is 4.98 Å². The molecule has 1 aromatic heterocycles. The molecule has 1 heterocycles. The lowest BCUT2D eigenvalue weighted by molar-refractivity contribution is 0.481. The first-order valence-corrected chi connectivity index (χ1v) is 6.73. The summed E-state index contributed by atoms with van der Waals surface area (Å²) in [4.78, 5) is 25.1. The number of H-pyrrole nitrogens is 1. The van der Waals surface area contributed by atoms with Gasteiger partial charge in [-0.3, -0.25) is 9.59 Å². The van der Waals surface area contributed by atoms with Crippen LogP contribution in [0.5, 0.6) is 5.75 Å². The molecule has 7 heteroatoms. The molecule has 0 spiro atoms. The summed E-state index contributed by atoms with van der Waals surface area (Å²) in [6.07, 6.45) is 0. The minimum atomic E-state index is -0.794. The van der Waals surface area contributed by atoms with Crippen molar-refractivity contribution in [2.75, 3.05) is 0 Å². The van der Waals surface area contributed by atoms with Gasteiger partial charge in [-0.15, -0.1) is 0 Å². The molecule has 0 atom stereocenters. The van der Waals surface area contributed by atoms with Gasteiger partial charge in [-0.1, -0.05) is 0 Å². The predicted molar refractivity (Wildman–Crippen MR) is 75.6 cm³/mol. The molecule has 2 rings (SSSR count). The Kier molecular flexibility index (Phi) is 3.42. The minimum Gasteiger partial charge on any atom is -0.507 e. The normalized spacial score (nSPS) is 10.8. The van der Waals surface area contributed by atoms with Crippen LogP contribution in [0.4, 0.5) is 0 Å². The summed E-state index contributed by atoms with van der Waals surface area (Å²) in [5, 5.41) is 10.1. The van der Waals surface area contributed by atoms with Gasteiger partial charge in [0.05, 0.1) is 9.99 Å². The van der Waals surface area contributed by atoms with Crippen LogP contribution in [0.25, 0.3) is 10.9 Å². The molecule has 2 N–H and O–H groups in total. The number of halogens is 3. The Bertz CT molecular complexity index is 739. The van der Waals surface area contributed by atoms with E-state index in [0.29, 0.717) is 24.3 Å². The van der Waals surface area contributed by atoms with Crippen molar-refractivity contribution in [3.63, 3.8) is 0 Å². The van der Waals surface area contributed by atoms with Gasteiger partial charge < -0.3 is 10.1 Å². The van der Waals surface area contributed by atoms with Crippen molar-refractivity contribution >= 4 is 58.7 Å². The number of aromatic nitrogens is 1. The highest BCUT2D eigenvalue weighted by atomic mass is 79.9. The van der Waals surface area contributed by atoms with Crippen LogP contribution in [-0.2, 0) is 0 Å². The molecule has 0 bridgehead atoms. The Labute approximate surface area is 120 Å². The number of rotatable bonds is 0. The number of fused-ring (bicyclic) bond motifs is 1. The van der Waals surface area contributed by atoms with Crippen LogP contribution in [0.2, 0.25) is 0 Å². The molecule has 0 radical (unpaired) electrons. The van der Waals surface area contributed by atoms with Crippen LogP contribution in [0.15, 0.2) is 35.1 Å². The topological polar surface area (TPSA) is 70.2 Å². The molecule has 0 aliphatic heterocycles. The Morgan fingerprint density at radius 3 is 2.35 bits per heavy atom. The van der Waals surface area contributed by atoms with E-state index in [1.165, 1.54) is 0 Å². The van der Waals surface area contributed by atoms with Crippen molar-refractivity contribution in [2.45, 2.75) is 0 Å². The van der Waals surface area contributed by atoms with Gasteiger partial charge in [0.1, 0.15) is 5.75 Å². The van der Waals surface area contributed by atoms with E-state index >= 15 is 0 Å². The van der Waals surface area contributed by atoms with Gasteiger partial charge in [0.2, 0.25) is 5.43 Å². The number of aromatic hydroxyl groups is 1. The van der Waals surface area contributed by atoms with Crippen molar-refractivity contribution in [1.29, 1.82) is 0 Å². The first-order chi connectivity index (χ1) is 7.91. The van der Waals surface area contributed by atoms with Crippen LogP contribution >= 0.6 is 47.8 Å². The quantitative estimate of drug-likeness (QED) is 0.503. The lowest BCUT2D eigenvalue weighted by Gasteiger charge is -2.03. The highest BCUT2D eigenvalue weighted by Crippen LogP contribution is 2.38. The third-order valence-electron chi connectivity index (χ3n) is 2.17. The molecule has 88 valence electrons. The maximum absolute atomic E-state index is 11.4. The van der Waals surface area contributed by atoms with E-state index in [4.69, 9.17) is 0 Å². The molecule has 2 aromatic rings. The Morgan fingerprint density at radius 2 is 1.71 bits per heavy atom. The third kappa shape index (κ3) is 2.19. The van der Waals surface area contributed by atoms with Crippen molar-refractivity contribution < 1.29 is 5.11 Å². The van der Waals surface area contributed by atoms with Gasteiger partial charge in [0, 0.05) is 20.4 Å². The third-order valence-corrected chi connectivity index (χ3v) is 5.47. The number of nitrogens with one attached hydrogen (secondary N) is 1. The molecule has 0 saturated carbocycles. The van der Waals surface area contributed by atoms with Gasteiger partial charge in [0.15, 0.2) is 0 Å². The van der Waals surface area contributed by atoms with Crippen LogP contribution in [0.1, 0.15) is 0 Å². The van der Waals surface area contributed by atoms with E-state index < -0.39 is 11.0 Å². The fourth-order valence-electron chi connectivity index (χ4n) is 1.36. The largest absolute Gasteiger partial charge is 0.507 e. The molecule has 0 aliphatic rings. The summed E-state index contributed by atoms with van der Waals surface area (Å²) >= 11 is 9.89. The van der Waals surface area contributed by atoms with Crippen LogP contribution in [0.3, 0.4) is 0 Å². The van der Waals surface area contributed by atoms with Crippen molar-refractivity contribution in [2.24, 2.45) is 0 Å². The zero-order valence-electron chi connectivity index (χ0n) is 8.05. The van der Waals surface area contributed by atoms with E-state index in [2.05, 4.69) is 52.8 Å². The Hall–Kier alpha value is -0.660. The summed E-state index contributed by atoms with van der Waals surface area (Å²) in [6.45, 7) is 0. The minimum absolute atomic E-state index is 0.253. The van der Waals surface area contributed by atoms with Gasteiger partial charge in [-0.25, -0.2) is 0 Å². The molecule has 1 aromatic carbocycles. The molecule has 0 amide bonds. The maximum atomic E-state index is 11.4. The molecular formula is C10H4Br3NO3. The van der Waals surface area contributed by atoms with E-state index in [1.54, 1.807) is 6.07 Å². The number of benzene rings is 1. The summed E-state index contributed by atoms with van der Waals surface area (Å²) in [5.41, 5.74) is -1.23. The summed E-state index contributed by atoms with van der Waals surface area (Å²) < 4.78 is 1.91. The Balaban J connectivity index is 3.19. The average Bonchev–Trinajstić information content (AvgIpc) is 2.37. The lowest BCUT2D eigenvalue weighted by atomic mass is 10.2. The number of aromatic amines is 1. The van der Waals surface area contributed by atoms with Crippen LogP contribution < -0.4 is 11.0 Å². The van der Waals surface area contributed by atoms with Gasteiger partial charge >= 0.3 is 0 Å². The maximum Gasteiger partial charge on any atom is 0.296 e. The molecule has 0 fully saturated rings. The Morgan fingerprint density at radius 1 is 1.06 bits per heavy atom. The molecular weight excluding hydrogens is 422 g/mol. The van der Waals surface area contributed by atoms with E-state index in [0.717, 1.165) is 6.07 Å². The summed E-state index contributed by atoms with van der Waals surface area (Å²) in [6, 6.07) is 2.50. The van der Waals surface area contributed by atoms with Gasteiger partial charge in [0.25, 0.3) is 5.56 Å². The van der Waals surface area contributed by atoms with Crippen molar-refractivity contribution in [3.8, 4) is 5.75 Å². The number of hydrogen-bond donors (Lipinski definition) is 2. The zero-order valence-corrected chi connectivity index (χ0v) is 12.8. The SMILES string of the molecule is O=c1cc(O)c2cc(Br)c(Br)c(Br)c2[nH]c1=O. The standard InChI is InChI=1S/C10H4Br3NO3/c11-4-1-3-5(15)2-6(16)10(17)14-9(3)8(13)7(4)12/h1-2,15H,(H,14,16,17). The van der Waals surface area contributed by atoms with E-state index in [1.807, 2.05) is 0 Å². The predicted octanol–water partition coefficient (Wildman–Crippen LogP) is 2.88. The van der Waals surface area contributed by atoms with Crippen LogP contribution in [-0.4, -0.2) is 10.1 Å². The second-order valence-electron chi connectivity index (χ2n) is 3.26. The fourth-order valence-corrected chi connectivity index (χ4v) is 2.89. The molecule has 17 heavy (non-hydrogen) atoms. The van der Waals surface area contributed by atoms with E-state index in [9.17, 15) is 14.7 Å². The highest BCUT2D eigenvalue weighted by Gasteiger charge is 2.11. The summed E-state index contributed by atoms with van der Waals surface area (Å²) in [5.74, 6) is -0.253. The second kappa shape index (κ2) is 4.55. The fraction of sp³-hybridized carbons (Fsp3) is 0. The zero-order chi connectivity index (χ0) is 12.7. The van der Waals surface area contributed by atoms with E-state index in [-0.39, 0.29) is 5.75 Å².